The molecule has 14 heavy (non-hydrogen) atoms. The van der Waals surface area contributed by atoms with Gasteiger partial charge >= 0.3 is 0 Å². The summed E-state index contributed by atoms with van der Waals surface area (Å²) >= 11 is 0. The maximum atomic E-state index is 12.0. The second-order valence-corrected chi connectivity index (χ2v) is 4.27. The molecule has 3 heteroatoms. The summed E-state index contributed by atoms with van der Waals surface area (Å²) in [5.74, 6) is 0. The van der Waals surface area contributed by atoms with Gasteiger partial charge in [-0.3, -0.25) is 0 Å². The third-order valence-electron chi connectivity index (χ3n) is 3.09. The molecule has 0 radical (unpaired) electrons. The van der Waals surface area contributed by atoms with Crippen LogP contribution in [0.15, 0.2) is 0 Å². The van der Waals surface area contributed by atoms with Crippen LogP contribution in [0, 0.1) is 5.21 Å². The van der Waals surface area contributed by atoms with Crippen LogP contribution in [0.1, 0.15) is 39.5 Å². The Kier molecular flexibility index (Phi) is 4.85. The number of hydrogen-bond acceptors (Lipinski definition) is 2. The summed E-state index contributed by atoms with van der Waals surface area (Å²) in [7, 11) is 0. The van der Waals surface area contributed by atoms with E-state index in [9.17, 15) is 5.21 Å². The van der Waals surface area contributed by atoms with E-state index < -0.39 is 0 Å². The number of morpholine rings is 1. The molecule has 1 fully saturated rings. The van der Waals surface area contributed by atoms with Crippen molar-refractivity contribution < 1.29 is 9.38 Å². The van der Waals surface area contributed by atoms with Gasteiger partial charge in [-0.2, -0.15) is 0 Å². The smallest absolute Gasteiger partial charge is 0.107 e. The van der Waals surface area contributed by atoms with Crippen LogP contribution in [0.25, 0.3) is 0 Å². The van der Waals surface area contributed by atoms with Gasteiger partial charge in [0.1, 0.15) is 19.2 Å². The van der Waals surface area contributed by atoms with Crippen LogP contribution >= 0.6 is 0 Å². The van der Waals surface area contributed by atoms with E-state index in [0.717, 1.165) is 6.42 Å². The second-order valence-electron chi connectivity index (χ2n) is 4.27. The Labute approximate surface area is 87.2 Å². The average molecular weight is 201 g/mol. The van der Waals surface area contributed by atoms with Gasteiger partial charge in [0.05, 0.1) is 13.2 Å². The molecule has 3 nitrogen and oxygen atoms in total. The number of nitrogens with zero attached hydrogens (tertiary/aromatic N) is 1. The van der Waals surface area contributed by atoms with Gasteiger partial charge in [0.25, 0.3) is 0 Å². The summed E-state index contributed by atoms with van der Waals surface area (Å²) in [4.78, 5) is 0. The highest BCUT2D eigenvalue weighted by Crippen LogP contribution is 2.17. The highest BCUT2D eigenvalue weighted by molar-refractivity contribution is 4.63. The summed E-state index contributed by atoms with van der Waals surface area (Å²) in [5, 5.41) is 12.0. The molecule has 0 amide bonds. The lowest BCUT2D eigenvalue weighted by Gasteiger charge is -2.47. The molecule has 1 aliphatic heterocycles. The fourth-order valence-corrected chi connectivity index (χ4v) is 1.98. The predicted octanol–water partition coefficient (Wildman–Crippen LogP) is 2.30. The SMILES string of the molecule is CCCCCC1C[N+]([O-])(CC)CCO1. The number of ether oxygens (including phenoxy) is 1. The van der Waals surface area contributed by atoms with E-state index in [1.165, 1.54) is 19.3 Å². The summed E-state index contributed by atoms with van der Waals surface area (Å²) in [6, 6.07) is 0. The van der Waals surface area contributed by atoms with Crippen LogP contribution < -0.4 is 0 Å². The lowest BCUT2D eigenvalue weighted by Crippen LogP contribution is -2.53. The summed E-state index contributed by atoms with van der Waals surface area (Å²) in [6.07, 6.45) is 4.97. The van der Waals surface area contributed by atoms with Gasteiger partial charge in [-0.1, -0.05) is 26.2 Å². The van der Waals surface area contributed by atoms with E-state index >= 15 is 0 Å². The van der Waals surface area contributed by atoms with E-state index in [2.05, 4.69) is 6.92 Å². The number of unbranched alkanes of at least 4 members (excludes halogenated alkanes) is 2. The van der Waals surface area contributed by atoms with Crippen LogP contribution in [-0.4, -0.2) is 37.0 Å². The monoisotopic (exact) mass is 201 g/mol. The molecule has 0 aromatic rings. The van der Waals surface area contributed by atoms with Gasteiger partial charge in [-0.15, -0.1) is 0 Å². The van der Waals surface area contributed by atoms with Crippen LogP contribution in [0.2, 0.25) is 0 Å². The highest BCUT2D eigenvalue weighted by atomic mass is 16.6. The van der Waals surface area contributed by atoms with Crippen LogP contribution in [0.5, 0.6) is 0 Å². The van der Waals surface area contributed by atoms with Gasteiger partial charge in [0.15, 0.2) is 0 Å². The van der Waals surface area contributed by atoms with Crippen molar-refractivity contribution in [2.45, 2.75) is 45.6 Å². The highest BCUT2D eigenvalue weighted by Gasteiger charge is 2.26. The minimum atomic E-state index is -0.0448. The van der Waals surface area contributed by atoms with Crippen molar-refractivity contribution in [3.63, 3.8) is 0 Å². The zero-order valence-corrected chi connectivity index (χ0v) is 9.50. The first kappa shape index (κ1) is 12.0. The number of quaternary nitrogens is 1. The van der Waals surface area contributed by atoms with Gasteiger partial charge in [-0.25, -0.2) is 0 Å². The molecule has 1 rings (SSSR count). The molecule has 0 aromatic heterocycles. The Bertz CT molecular complexity index is 163. The molecule has 0 aromatic carbocycles. The lowest BCUT2D eigenvalue weighted by molar-refractivity contribution is -0.890. The molecule has 0 spiro atoms. The van der Waals surface area contributed by atoms with Gasteiger partial charge < -0.3 is 14.6 Å². The van der Waals surface area contributed by atoms with Crippen LogP contribution in [-0.2, 0) is 4.74 Å². The molecule has 0 saturated carbocycles. The van der Waals surface area contributed by atoms with Crippen molar-refractivity contribution in [1.29, 1.82) is 0 Å². The maximum absolute atomic E-state index is 12.0. The molecule has 0 bridgehead atoms. The van der Waals surface area contributed by atoms with E-state index in [4.69, 9.17) is 4.74 Å². The normalized spacial score (nSPS) is 33.2. The molecule has 2 unspecified atom stereocenters. The van der Waals surface area contributed by atoms with E-state index in [1.54, 1.807) is 0 Å². The minimum absolute atomic E-state index is 0.0448. The zero-order valence-electron chi connectivity index (χ0n) is 9.50. The largest absolute Gasteiger partial charge is 0.633 e. The Morgan fingerprint density at radius 3 is 2.79 bits per heavy atom. The Morgan fingerprint density at radius 1 is 1.36 bits per heavy atom. The predicted molar refractivity (Wildman–Crippen MR) is 57.8 cm³/mol. The molecule has 2 atom stereocenters. The van der Waals surface area contributed by atoms with Gasteiger partial charge in [0, 0.05) is 0 Å². The van der Waals surface area contributed by atoms with Crippen molar-refractivity contribution >= 4 is 0 Å². The van der Waals surface area contributed by atoms with Gasteiger partial charge in [0.2, 0.25) is 0 Å². The molecule has 1 saturated heterocycles. The molecule has 1 aliphatic rings. The van der Waals surface area contributed by atoms with Crippen LogP contribution in [0.4, 0.5) is 0 Å². The molecular formula is C11H23NO2. The molecular weight excluding hydrogens is 178 g/mol. The quantitative estimate of drug-likeness (QED) is 0.388. The first-order valence-electron chi connectivity index (χ1n) is 5.89. The third-order valence-corrected chi connectivity index (χ3v) is 3.09. The zero-order chi connectivity index (χ0) is 10.4. The number of likely N-dealkylation sites (N-methyl/N-ethyl adjacent to an activating group) is 1. The van der Waals surface area contributed by atoms with Crippen molar-refractivity contribution in [3.05, 3.63) is 5.21 Å². The third kappa shape index (κ3) is 3.56. The van der Waals surface area contributed by atoms with Crippen LogP contribution in [0.3, 0.4) is 0 Å². The molecule has 0 N–H and O–H groups in total. The number of hydroxylamine groups is 3. The average Bonchev–Trinajstić information content (AvgIpc) is 2.19. The minimum Gasteiger partial charge on any atom is -0.633 e. The summed E-state index contributed by atoms with van der Waals surface area (Å²) in [6.45, 7) is 6.81. The van der Waals surface area contributed by atoms with Crippen molar-refractivity contribution in [1.82, 2.24) is 0 Å². The molecule has 84 valence electrons. The maximum Gasteiger partial charge on any atom is 0.107 e. The van der Waals surface area contributed by atoms with E-state index in [-0.39, 0.29) is 10.8 Å². The Hall–Kier alpha value is -0.120. The Morgan fingerprint density at radius 2 is 2.14 bits per heavy atom. The lowest BCUT2D eigenvalue weighted by atomic mass is 10.1. The first-order chi connectivity index (χ1) is 6.70. The Balaban J connectivity index is 2.25. The number of hydrogen-bond donors (Lipinski definition) is 0. The van der Waals surface area contributed by atoms with E-state index in [0.29, 0.717) is 26.2 Å². The topological polar surface area (TPSA) is 32.3 Å². The van der Waals surface area contributed by atoms with Crippen molar-refractivity contribution in [3.8, 4) is 0 Å². The first-order valence-corrected chi connectivity index (χ1v) is 5.89. The standard InChI is InChI=1S/C11H23NO2/c1-3-5-6-7-11-10-12(13,4-2)8-9-14-11/h11H,3-10H2,1-2H3. The molecule has 1 heterocycles. The molecule has 0 aliphatic carbocycles. The fourth-order valence-electron chi connectivity index (χ4n) is 1.98. The van der Waals surface area contributed by atoms with Crippen molar-refractivity contribution in [2.24, 2.45) is 0 Å². The summed E-state index contributed by atoms with van der Waals surface area (Å²) < 4.78 is 5.56. The summed E-state index contributed by atoms with van der Waals surface area (Å²) in [5.41, 5.74) is 0. The van der Waals surface area contributed by atoms with Gasteiger partial charge in [-0.05, 0) is 13.3 Å². The van der Waals surface area contributed by atoms with E-state index in [1.807, 2.05) is 6.92 Å². The fraction of sp³-hybridized carbons (Fsp3) is 1.00. The second kappa shape index (κ2) is 5.69. The van der Waals surface area contributed by atoms with Crippen molar-refractivity contribution in [2.75, 3.05) is 26.2 Å². The number of rotatable bonds is 5.